The predicted molar refractivity (Wildman–Crippen MR) is 284 cm³/mol. The monoisotopic (exact) mass is 931 g/mol. The average Bonchev–Trinajstić information content (AvgIpc) is 3.31. The number of allylic oxidation sites excluding steroid dienone is 2. The zero-order valence-corrected chi connectivity index (χ0v) is 44.7. The van der Waals surface area contributed by atoms with Crippen LogP contribution >= 0.6 is 0 Å². The van der Waals surface area contributed by atoms with Crippen LogP contribution in [-0.4, -0.2) is 37.2 Å². The summed E-state index contributed by atoms with van der Waals surface area (Å²) < 4.78 is 16.7. The summed E-state index contributed by atoms with van der Waals surface area (Å²) in [6, 6.07) is 0. The van der Waals surface area contributed by atoms with Crippen LogP contribution in [0.3, 0.4) is 0 Å². The van der Waals surface area contributed by atoms with Gasteiger partial charge in [0, 0.05) is 19.3 Å². The molecule has 0 saturated carbocycles. The lowest BCUT2D eigenvalue weighted by Crippen LogP contribution is -2.30. The molecule has 0 aliphatic rings. The quantitative estimate of drug-likeness (QED) is 0.0262. The molecule has 0 saturated heterocycles. The van der Waals surface area contributed by atoms with Crippen molar-refractivity contribution in [3.05, 3.63) is 12.2 Å². The summed E-state index contributed by atoms with van der Waals surface area (Å²) in [5.74, 6) is -0.878. The second-order valence-corrected chi connectivity index (χ2v) is 20.3. The van der Waals surface area contributed by atoms with E-state index >= 15 is 0 Å². The van der Waals surface area contributed by atoms with Gasteiger partial charge in [0.2, 0.25) is 0 Å². The van der Waals surface area contributed by atoms with Gasteiger partial charge in [-0.25, -0.2) is 0 Å². The second-order valence-electron chi connectivity index (χ2n) is 20.3. The van der Waals surface area contributed by atoms with Gasteiger partial charge in [-0.3, -0.25) is 14.4 Å². The number of unbranched alkanes of at least 4 members (excludes halogenated alkanes) is 42. The SMILES string of the molecule is CCCC/C=C\CCCCCCCC(=O)OC(COC(=O)CCCCCCC)COC(=O)CCCCCCCCCCCCCCCCCCCCCCCCCCCCCCCCCC. The summed E-state index contributed by atoms with van der Waals surface area (Å²) in [4.78, 5) is 37.6. The average molecular weight is 932 g/mol. The standard InChI is InChI=1S/C60H114O6/c1-4-7-10-13-15-17-19-20-21-22-23-24-25-26-27-28-29-30-31-32-33-34-35-36-37-38-39-41-42-44-47-50-53-59(62)65-56-57(55-64-58(61)52-49-46-12-9-6-3)66-60(63)54-51-48-45-43-40-18-16-14-11-8-5-2/h14,16,57H,4-13,15,17-56H2,1-3H3/b16-14-. The van der Waals surface area contributed by atoms with Crippen molar-refractivity contribution in [3.8, 4) is 0 Å². The Balaban J connectivity index is 3.81. The third-order valence-electron chi connectivity index (χ3n) is 13.5. The Morgan fingerprint density at radius 3 is 0.803 bits per heavy atom. The highest BCUT2D eigenvalue weighted by atomic mass is 16.6. The number of esters is 3. The lowest BCUT2D eigenvalue weighted by molar-refractivity contribution is -0.167. The molecular weight excluding hydrogens is 817 g/mol. The fourth-order valence-electron chi connectivity index (χ4n) is 9.02. The molecule has 0 aliphatic heterocycles. The van der Waals surface area contributed by atoms with E-state index in [1.807, 2.05) is 0 Å². The molecule has 0 bridgehead atoms. The van der Waals surface area contributed by atoms with E-state index in [0.29, 0.717) is 19.3 Å². The minimum absolute atomic E-state index is 0.0697. The summed E-state index contributed by atoms with van der Waals surface area (Å²) >= 11 is 0. The Morgan fingerprint density at radius 1 is 0.288 bits per heavy atom. The van der Waals surface area contributed by atoms with Gasteiger partial charge in [0.05, 0.1) is 0 Å². The maximum absolute atomic E-state index is 12.7. The lowest BCUT2D eigenvalue weighted by Gasteiger charge is -2.18. The molecule has 0 heterocycles. The minimum Gasteiger partial charge on any atom is -0.462 e. The van der Waals surface area contributed by atoms with Crippen molar-refractivity contribution in [1.29, 1.82) is 0 Å². The maximum atomic E-state index is 12.7. The van der Waals surface area contributed by atoms with E-state index in [0.717, 1.165) is 70.6 Å². The van der Waals surface area contributed by atoms with Crippen LogP contribution in [0.5, 0.6) is 0 Å². The molecule has 0 amide bonds. The Bertz CT molecular complexity index is 1020. The highest BCUT2D eigenvalue weighted by Gasteiger charge is 2.19. The molecule has 0 aromatic rings. The Morgan fingerprint density at radius 2 is 0.515 bits per heavy atom. The fraction of sp³-hybridized carbons (Fsp3) is 0.917. The Hall–Kier alpha value is -1.85. The van der Waals surface area contributed by atoms with Crippen LogP contribution in [0.25, 0.3) is 0 Å². The highest BCUT2D eigenvalue weighted by molar-refractivity contribution is 5.71. The van der Waals surface area contributed by atoms with Gasteiger partial charge in [-0.1, -0.05) is 290 Å². The fourth-order valence-corrected chi connectivity index (χ4v) is 9.02. The third kappa shape index (κ3) is 53.1. The topological polar surface area (TPSA) is 78.9 Å². The first-order valence-electron chi connectivity index (χ1n) is 29.7. The van der Waals surface area contributed by atoms with Crippen LogP contribution in [0.15, 0.2) is 12.2 Å². The van der Waals surface area contributed by atoms with Crippen LogP contribution in [-0.2, 0) is 28.6 Å². The predicted octanol–water partition coefficient (Wildman–Crippen LogP) is 19.7. The number of rotatable bonds is 55. The summed E-state index contributed by atoms with van der Waals surface area (Å²) in [7, 11) is 0. The van der Waals surface area contributed by atoms with Gasteiger partial charge in [-0.05, 0) is 38.5 Å². The molecule has 0 aromatic heterocycles. The van der Waals surface area contributed by atoms with Crippen molar-refractivity contribution in [2.45, 2.75) is 341 Å². The van der Waals surface area contributed by atoms with E-state index in [1.54, 1.807) is 0 Å². The van der Waals surface area contributed by atoms with Gasteiger partial charge in [0.25, 0.3) is 0 Å². The summed E-state index contributed by atoms with van der Waals surface area (Å²) in [5, 5.41) is 0. The molecule has 1 atom stereocenters. The molecule has 6 heteroatoms. The first-order chi connectivity index (χ1) is 32.5. The van der Waals surface area contributed by atoms with Crippen molar-refractivity contribution >= 4 is 17.9 Å². The molecular formula is C60H114O6. The van der Waals surface area contributed by atoms with Gasteiger partial charge >= 0.3 is 17.9 Å². The van der Waals surface area contributed by atoms with Crippen LogP contribution in [0, 0.1) is 0 Å². The van der Waals surface area contributed by atoms with Crippen LogP contribution < -0.4 is 0 Å². The molecule has 66 heavy (non-hydrogen) atoms. The molecule has 0 fully saturated rings. The minimum atomic E-state index is -0.766. The summed E-state index contributed by atoms with van der Waals surface area (Å²) in [6.07, 6.45) is 64.4. The highest BCUT2D eigenvalue weighted by Crippen LogP contribution is 2.18. The van der Waals surface area contributed by atoms with Crippen LogP contribution in [0.1, 0.15) is 335 Å². The van der Waals surface area contributed by atoms with Gasteiger partial charge in [-0.2, -0.15) is 0 Å². The molecule has 0 aliphatic carbocycles. The largest absolute Gasteiger partial charge is 0.462 e. The van der Waals surface area contributed by atoms with E-state index < -0.39 is 6.10 Å². The number of ether oxygens (including phenoxy) is 3. The smallest absolute Gasteiger partial charge is 0.306 e. The van der Waals surface area contributed by atoms with Crippen LogP contribution in [0.2, 0.25) is 0 Å². The van der Waals surface area contributed by atoms with E-state index in [9.17, 15) is 14.4 Å². The van der Waals surface area contributed by atoms with Crippen molar-refractivity contribution in [3.63, 3.8) is 0 Å². The van der Waals surface area contributed by atoms with Gasteiger partial charge in [0.15, 0.2) is 6.10 Å². The van der Waals surface area contributed by atoms with Gasteiger partial charge in [0.1, 0.15) is 13.2 Å². The second kappa shape index (κ2) is 55.7. The molecule has 6 nitrogen and oxygen atoms in total. The Kier molecular flexibility index (Phi) is 54.2. The van der Waals surface area contributed by atoms with E-state index in [4.69, 9.17) is 14.2 Å². The molecule has 0 rings (SSSR count). The molecule has 1 unspecified atom stereocenters. The molecule has 0 radical (unpaired) electrons. The number of carbonyl (C=O) groups excluding carboxylic acids is 3. The van der Waals surface area contributed by atoms with Gasteiger partial charge in [-0.15, -0.1) is 0 Å². The van der Waals surface area contributed by atoms with Crippen molar-refractivity contribution < 1.29 is 28.6 Å². The van der Waals surface area contributed by atoms with Crippen LogP contribution in [0.4, 0.5) is 0 Å². The number of carbonyl (C=O) groups is 3. The first-order valence-corrected chi connectivity index (χ1v) is 29.7. The number of hydrogen-bond acceptors (Lipinski definition) is 6. The zero-order valence-electron chi connectivity index (χ0n) is 44.7. The van der Waals surface area contributed by atoms with E-state index in [-0.39, 0.29) is 31.1 Å². The molecule has 0 aromatic carbocycles. The number of hydrogen-bond donors (Lipinski definition) is 0. The summed E-state index contributed by atoms with van der Waals surface area (Å²) in [6.45, 7) is 6.55. The van der Waals surface area contributed by atoms with E-state index in [1.165, 1.54) is 225 Å². The molecule has 390 valence electrons. The zero-order chi connectivity index (χ0) is 47.9. The van der Waals surface area contributed by atoms with E-state index in [2.05, 4.69) is 32.9 Å². The maximum Gasteiger partial charge on any atom is 0.306 e. The summed E-state index contributed by atoms with van der Waals surface area (Å²) in [5.41, 5.74) is 0. The normalized spacial score (nSPS) is 12.0. The third-order valence-corrected chi connectivity index (χ3v) is 13.5. The van der Waals surface area contributed by atoms with Gasteiger partial charge < -0.3 is 14.2 Å². The lowest BCUT2D eigenvalue weighted by atomic mass is 10.0. The van der Waals surface area contributed by atoms with Crippen molar-refractivity contribution in [1.82, 2.24) is 0 Å². The van der Waals surface area contributed by atoms with Crippen molar-refractivity contribution in [2.24, 2.45) is 0 Å². The molecule has 0 N–H and O–H groups in total. The molecule has 0 spiro atoms. The first kappa shape index (κ1) is 64.2. The Labute approximate surface area is 411 Å². The van der Waals surface area contributed by atoms with Crippen molar-refractivity contribution in [2.75, 3.05) is 13.2 Å².